The smallest absolute Gasteiger partial charge is 0.274 e. The van der Waals surface area contributed by atoms with Crippen LogP contribution in [0.15, 0.2) is 42.7 Å². The Morgan fingerprint density at radius 2 is 2.19 bits per heavy atom. The second-order valence-corrected chi connectivity index (χ2v) is 6.84. The first-order chi connectivity index (χ1) is 12.7. The SMILES string of the molecule is CNc1cc([C@@H]2CCCN(C(=O)c3cn4c(C)cccc4n3)C2)ccn1. The third kappa shape index (κ3) is 3.03. The molecule has 4 heterocycles. The van der Waals surface area contributed by atoms with Crippen molar-refractivity contribution in [2.24, 2.45) is 0 Å². The van der Waals surface area contributed by atoms with E-state index in [1.54, 1.807) is 0 Å². The van der Waals surface area contributed by atoms with E-state index in [0.29, 0.717) is 11.6 Å². The molecule has 1 aliphatic heterocycles. The Labute approximate surface area is 152 Å². The van der Waals surface area contributed by atoms with E-state index in [1.165, 1.54) is 5.56 Å². The molecule has 4 rings (SSSR count). The van der Waals surface area contributed by atoms with Crippen LogP contribution in [0.1, 0.15) is 40.5 Å². The zero-order valence-corrected chi connectivity index (χ0v) is 15.1. The molecule has 134 valence electrons. The maximum absolute atomic E-state index is 13.0. The Morgan fingerprint density at radius 1 is 1.31 bits per heavy atom. The number of imidazole rings is 1. The van der Waals surface area contributed by atoms with Gasteiger partial charge < -0.3 is 14.6 Å². The average Bonchev–Trinajstić information content (AvgIpc) is 3.13. The summed E-state index contributed by atoms with van der Waals surface area (Å²) in [5.74, 6) is 1.21. The molecule has 0 bridgehead atoms. The van der Waals surface area contributed by atoms with Crippen LogP contribution in [0.2, 0.25) is 0 Å². The van der Waals surface area contributed by atoms with Gasteiger partial charge in [0.15, 0.2) is 0 Å². The van der Waals surface area contributed by atoms with E-state index in [-0.39, 0.29) is 5.91 Å². The van der Waals surface area contributed by atoms with E-state index in [1.807, 2.05) is 59.9 Å². The summed E-state index contributed by atoms with van der Waals surface area (Å²) in [7, 11) is 1.87. The second-order valence-electron chi connectivity index (χ2n) is 6.84. The lowest BCUT2D eigenvalue weighted by atomic mass is 9.91. The molecule has 3 aromatic rings. The molecule has 0 unspecified atom stereocenters. The van der Waals surface area contributed by atoms with Gasteiger partial charge in [-0.3, -0.25) is 4.79 Å². The third-order valence-corrected chi connectivity index (χ3v) is 5.14. The van der Waals surface area contributed by atoms with Crippen LogP contribution in [0.3, 0.4) is 0 Å². The lowest BCUT2D eigenvalue weighted by molar-refractivity contribution is 0.0702. The number of likely N-dealkylation sites (tertiary alicyclic amines) is 1. The molecule has 0 saturated carbocycles. The van der Waals surface area contributed by atoms with Gasteiger partial charge in [-0.2, -0.15) is 0 Å². The minimum absolute atomic E-state index is 0.0145. The van der Waals surface area contributed by atoms with Crippen molar-refractivity contribution < 1.29 is 4.79 Å². The Hall–Kier alpha value is -2.89. The van der Waals surface area contributed by atoms with E-state index in [0.717, 1.165) is 43.1 Å². The van der Waals surface area contributed by atoms with Crippen molar-refractivity contribution in [3.8, 4) is 0 Å². The zero-order valence-electron chi connectivity index (χ0n) is 15.1. The number of fused-ring (bicyclic) bond motifs is 1. The quantitative estimate of drug-likeness (QED) is 0.789. The van der Waals surface area contributed by atoms with Gasteiger partial charge in [-0.15, -0.1) is 0 Å². The maximum atomic E-state index is 13.0. The first kappa shape index (κ1) is 16.6. The maximum Gasteiger partial charge on any atom is 0.274 e. The normalized spacial score (nSPS) is 17.5. The van der Waals surface area contributed by atoms with Crippen molar-refractivity contribution in [2.45, 2.75) is 25.7 Å². The molecular formula is C20H23N5O. The first-order valence-corrected chi connectivity index (χ1v) is 9.03. The van der Waals surface area contributed by atoms with Gasteiger partial charge in [0.05, 0.1) is 0 Å². The lowest BCUT2D eigenvalue weighted by Gasteiger charge is -2.32. The van der Waals surface area contributed by atoms with Crippen LogP contribution >= 0.6 is 0 Å². The predicted molar refractivity (Wildman–Crippen MR) is 102 cm³/mol. The van der Waals surface area contributed by atoms with E-state index in [2.05, 4.69) is 21.4 Å². The molecule has 6 heteroatoms. The number of pyridine rings is 2. The Balaban J connectivity index is 1.56. The summed E-state index contributed by atoms with van der Waals surface area (Å²) >= 11 is 0. The van der Waals surface area contributed by atoms with Crippen LogP contribution in [0.4, 0.5) is 5.82 Å². The van der Waals surface area contributed by atoms with Crippen LogP contribution in [0.5, 0.6) is 0 Å². The minimum Gasteiger partial charge on any atom is -0.373 e. The van der Waals surface area contributed by atoms with Gasteiger partial charge in [0.1, 0.15) is 17.2 Å². The van der Waals surface area contributed by atoms with Crippen molar-refractivity contribution in [1.82, 2.24) is 19.3 Å². The molecule has 6 nitrogen and oxygen atoms in total. The van der Waals surface area contributed by atoms with Crippen LogP contribution in [0, 0.1) is 6.92 Å². The van der Waals surface area contributed by atoms with Crippen molar-refractivity contribution in [2.75, 3.05) is 25.5 Å². The largest absolute Gasteiger partial charge is 0.373 e. The fraction of sp³-hybridized carbons (Fsp3) is 0.350. The highest BCUT2D eigenvalue weighted by molar-refractivity contribution is 5.93. The number of aryl methyl sites for hydroxylation is 1. The number of nitrogens with one attached hydrogen (secondary N) is 1. The summed E-state index contributed by atoms with van der Waals surface area (Å²) in [6, 6.07) is 10.0. The number of anilines is 1. The standard InChI is InChI=1S/C20H23N5O/c1-14-5-3-7-19-23-17(13-25(14)19)20(26)24-10-4-6-16(12-24)15-8-9-22-18(11-15)21-2/h3,5,7-9,11,13,16H,4,6,10,12H2,1-2H3,(H,21,22)/t16-/m1/s1. The van der Waals surface area contributed by atoms with Crippen LogP contribution in [-0.4, -0.2) is 45.3 Å². The van der Waals surface area contributed by atoms with Gasteiger partial charge >= 0.3 is 0 Å². The number of hydrogen-bond acceptors (Lipinski definition) is 4. The fourth-order valence-corrected chi connectivity index (χ4v) is 3.68. The number of amides is 1. The molecule has 0 aromatic carbocycles. The summed E-state index contributed by atoms with van der Waals surface area (Å²) < 4.78 is 1.97. The van der Waals surface area contributed by atoms with Crippen molar-refractivity contribution in [3.63, 3.8) is 0 Å². The molecule has 1 saturated heterocycles. The Kier molecular flexibility index (Phi) is 4.32. The molecule has 26 heavy (non-hydrogen) atoms. The average molecular weight is 349 g/mol. The van der Waals surface area contributed by atoms with Crippen LogP contribution in [0.25, 0.3) is 5.65 Å². The van der Waals surface area contributed by atoms with Crippen molar-refractivity contribution >= 4 is 17.4 Å². The van der Waals surface area contributed by atoms with E-state index < -0.39 is 0 Å². The summed E-state index contributed by atoms with van der Waals surface area (Å²) in [5, 5.41) is 3.08. The zero-order chi connectivity index (χ0) is 18.1. The van der Waals surface area contributed by atoms with E-state index in [4.69, 9.17) is 0 Å². The Bertz CT molecular complexity index is 948. The van der Waals surface area contributed by atoms with Crippen LogP contribution < -0.4 is 5.32 Å². The summed E-state index contributed by atoms with van der Waals surface area (Å²) in [6.45, 7) is 3.52. The number of rotatable bonds is 3. The highest BCUT2D eigenvalue weighted by Crippen LogP contribution is 2.28. The molecule has 1 N–H and O–H groups in total. The highest BCUT2D eigenvalue weighted by atomic mass is 16.2. The predicted octanol–water partition coefficient (Wildman–Crippen LogP) is 3.10. The lowest BCUT2D eigenvalue weighted by Crippen LogP contribution is -2.39. The summed E-state index contributed by atoms with van der Waals surface area (Å²) in [5.41, 5.74) is 3.63. The molecule has 0 spiro atoms. The van der Waals surface area contributed by atoms with Crippen molar-refractivity contribution in [3.05, 3.63) is 59.7 Å². The monoisotopic (exact) mass is 349 g/mol. The van der Waals surface area contributed by atoms with Gasteiger partial charge in [0.25, 0.3) is 5.91 Å². The number of piperidine rings is 1. The number of carbonyl (C=O) groups is 1. The molecule has 3 aromatic heterocycles. The number of nitrogens with zero attached hydrogens (tertiary/aromatic N) is 4. The van der Waals surface area contributed by atoms with Gasteiger partial charge in [-0.25, -0.2) is 9.97 Å². The first-order valence-electron chi connectivity index (χ1n) is 9.03. The number of hydrogen-bond donors (Lipinski definition) is 1. The summed E-state index contributed by atoms with van der Waals surface area (Å²) in [4.78, 5) is 23.7. The molecule has 1 aliphatic rings. The molecular weight excluding hydrogens is 326 g/mol. The highest BCUT2D eigenvalue weighted by Gasteiger charge is 2.27. The summed E-state index contributed by atoms with van der Waals surface area (Å²) in [6.07, 6.45) is 5.76. The molecule has 1 fully saturated rings. The molecule has 1 amide bonds. The topological polar surface area (TPSA) is 62.5 Å². The van der Waals surface area contributed by atoms with E-state index >= 15 is 0 Å². The molecule has 0 aliphatic carbocycles. The fourth-order valence-electron chi connectivity index (χ4n) is 3.68. The molecule has 1 atom stereocenters. The van der Waals surface area contributed by atoms with Gasteiger partial charge in [-0.05, 0) is 49.6 Å². The van der Waals surface area contributed by atoms with Gasteiger partial charge in [-0.1, -0.05) is 6.07 Å². The molecule has 0 radical (unpaired) electrons. The Morgan fingerprint density at radius 3 is 3.00 bits per heavy atom. The van der Waals surface area contributed by atoms with Crippen LogP contribution in [-0.2, 0) is 0 Å². The van der Waals surface area contributed by atoms with Crippen molar-refractivity contribution in [1.29, 1.82) is 0 Å². The third-order valence-electron chi connectivity index (χ3n) is 5.14. The van der Waals surface area contributed by atoms with Gasteiger partial charge in [0.2, 0.25) is 0 Å². The minimum atomic E-state index is 0.0145. The van der Waals surface area contributed by atoms with Gasteiger partial charge in [0, 0.05) is 44.1 Å². The number of aromatic nitrogens is 3. The second kappa shape index (κ2) is 6.78. The van der Waals surface area contributed by atoms with E-state index in [9.17, 15) is 4.79 Å². The number of carbonyl (C=O) groups excluding carboxylic acids is 1.